The molecule has 3 aromatic rings. The van der Waals surface area contributed by atoms with Gasteiger partial charge in [0.1, 0.15) is 12.4 Å². The van der Waals surface area contributed by atoms with E-state index in [1.54, 1.807) is 0 Å². The van der Waals surface area contributed by atoms with Gasteiger partial charge in [-0.3, -0.25) is 0 Å². The molecule has 0 unspecified atom stereocenters. The topological polar surface area (TPSA) is 69.5 Å². The standard InChI is InChI=1S/C34H43N7O/c1-4-14-35-23-36-26-17-34(18-26)21-41(22-34)32-28-13-16-40(30-12-6-10-25-9-5-8-24(2)31(25)30)19-29(28)37-33(38-32)42-20-27-11-7-15-39(27)3/h5-6,8-10,12,26-27H,4,7,11,13-22H2,1-3H3/t27-/m0/s1. The van der Waals surface area contributed by atoms with E-state index in [4.69, 9.17) is 14.7 Å². The highest BCUT2D eigenvalue weighted by atomic mass is 16.5. The summed E-state index contributed by atoms with van der Waals surface area (Å²) in [6.07, 6.45) is 6.62. The SMILES string of the molecule is CCCN=C=NC1CC2(C1)CN(c1nc(OC[C@@H]3CCCN3C)nc3c1CCN(c1cccc4cccc(C)c14)C3)C2. The molecule has 0 radical (unpaired) electrons. The van der Waals surface area contributed by atoms with Gasteiger partial charge in [-0.15, -0.1) is 0 Å². The number of nitrogens with zero attached hydrogens (tertiary/aromatic N) is 7. The molecule has 1 atom stereocenters. The van der Waals surface area contributed by atoms with Gasteiger partial charge in [0.25, 0.3) is 0 Å². The molecule has 8 heteroatoms. The molecular formula is C34H43N7O. The van der Waals surface area contributed by atoms with Crippen molar-refractivity contribution >= 4 is 28.3 Å². The number of hydrogen-bond donors (Lipinski definition) is 0. The van der Waals surface area contributed by atoms with Crippen molar-refractivity contribution in [2.75, 3.05) is 56.2 Å². The highest BCUT2D eigenvalue weighted by molar-refractivity contribution is 5.97. The van der Waals surface area contributed by atoms with Crippen molar-refractivity contribution in [1.29, 1.82) is 0 Å². The van der Waals surface area contributed by atoms with Crippen LogP contribution in [0.5, 0.6) is 6.01 Å². The molecule has 0 amide bonds. The fourth-order valence-corrected chi connectivity index (χ4v) is 7.54. The first kappa shape index (κ1) is 27.4. The van der Waals surface area contributed by atoms with E-state index in [2.05, 4.69) is 88.0 Å². The number of aromatic nitrogens is 2. The van der Waals surface area contributed by atoms with Crippen LogP contribution in [0.2, 0.25) is 0 Å². The smallest absolute Gasteiger partial charge is 0.318 e. The zero-order valence-corrected chi connectivity index (χ0v) is 25.3. The van der Waals surface area contributed by atoms with Gasteiger partial charge in [-0.1, -0.05) is 37.3 Å². The third-order valence-electron chi connectivity index (χ3n) is 9.87. The first-order valence-corrected chi connectivity index (χ1v) is 15.8. The molecule has 220 valence electrons. The summed E-state index contributed by atoms with van der Waals surface area (Å²) in [7, 11) is 2.19. The van der Waals surface area contributed by atoms with E-state index in [0.29, 0.717) is 30.1 Å². The molecule has 4 aliphatic rings. The summed E-state index contributed by atoms with van der Waals surface area (Å²) in [5.74, 6) is 1.09. The van der Waals surface area contributed by atoms with Crippen molar-refractivity contribution in [2.24, 2.45) is 15.4 Å². The lowest BCUT2D eigenvalue weighted by Gasteiger charge is -2.58. The van der Waals surface area contributed by atoms with Gasteiger partial charge in [0.15, 0.2) is 0 Å². The number of rotatable bonds is 8. The molecule has 0 N–H and O–H groups in total. The largest absolute Gasteiger partial charge is 0.462 e. The number of likely N-dealkylation sites (tertiary alicyclic amines) is 1. The summed E-state index contributed by atoms with van der Waals surface area (Å²) in [6, 6.07) is 17.5. The Bertz CT molecular complexity index is 1510. The van der Waals surface area contributed by atoms with Gasteiger partial charge in [-0.05, 0) is 76.1 Å². The van der Waals surface area contributed by atoms with Crippen LogP contribution in [0.1, 0.15) is 55.8 Å². The predicted octanol–water partition coefficient (Wildman–Crippen LogP) is 5.53. The molecule has 8 nitrogen and oxygen atoms in total. The minimum absolute atomic E-state index is 0.354. The second-order valence-electron chi connectivity index (χ2n) is 13.0. The quantitative estimate of drug-likeness (QED) is 0.335. The zero-order chi connectivity index (χ0) is 28.7. The number of hydrogen-bond acceptors (Lipinski definition) is 8. The Morgan fingerprint density at radius 2 is 1.90 bits per heavy atom. The second kappa shape index (κ2) is 11.3. The minimum atomic E-state index is 0.354. The molecule has 1 spiro atoms. The molecule has 1 saturated carbocycles. The van der Waals surface area contributed by atoms with Crippen LogP contribution in [0.3, 0.4) is 0 Å². The Hall–Kier alpha value is -3.48. The number of anilines is 2. The molecule has 2 aromatic carbocycles. The van der Waals surface area contributed by atoms with Crippen LogP contribution in [0, 0.1) is 12.3 Å². The van der Waals surface area contributed by atoms with Crippen molar-refractivity contribution in [1.82, 2.24) is 14.9 Å². The lowest BCUT2D eigenvalue weighted by Crippen LogP contribution is -2.64. The Labute approximate surface area is 249 Å². The second-order valence-corrected chi connectivity index (χ2v) is 13.0. The Balaban J connectivity index is 1.13. The normalized spacial score (nSPS) is 21.5. The monoisotopic (exact) mass is 565 g/mol. The predicted molar refractivity (Wildman–Crippen MR) is 169 cm³/mol. The third-order valence-corrected chi connectivity index (χ3v) is 9.87. The Morgan fingerprint density at radius 3 is 2.69 bits per heavy atom. The van der Waals surface area contributed by atoms with Crippen molar-refractivity contribution in [2.45, 2.75) is 71.0 Å². The van der Waals surface area contributed by atoms with E-state index >= 15 is 0 Å². The maximum Gasteiger partial charge on any atom is 0.318 e. The molecule has 2 saturated heterocycles. The van der Waals surface area contributed by atoms with Crippen molar-refractivity contribution in [3.05, 3.63) is 53.2 Å². The lowest BCUT2D eigenvalue weighted by molar-refractivity contribution is 0.0668. The molecule has 1 aliphatic carbocycles. The van der Waals surface area contributed by atoms with Gasteiger partial charge in [-0.25, -0.2) is 9.98 Å². The number of ether oxygens (including phenoxy) is 1. The molecule has 7 rings (SSSR count). The van der Waals surface area contributed by atoms with E-state index in [1.165, 1.54) is 40.4 Å². The average Bonchev–Trinajstić information content (AvgIpc) is 3.37. The zero-order valence-electron chi connectivity index (χ0n) is 25.3. The summed E-state index contributed by atoms with van der Waals surface area (Å²) in [6.45, 7) is 10.7. The number of aliphatic imine (C=N–C) groups is 2. The molecule has 4 heterocycles. The van der Waals surface area contributed by atoms with Gasteiger partial charge in [-0.2, -0.15) is 9.97 Å². The summed E-state index contributed by atoms with van der Waals surface area (Å²) in [5, 5.41) is 2.63. The summed E-state index contributed by atoms with van der Waals surface area (Å²) < 4.78 is 6.35. The van der Waals surface area contributed by atoms with Crippen LogP contribution in [0.15, 0.2) is 46.4 Å². The van der Waals surface area contributed by atoms with Gasteiger partial charge in [0.05, 0.1) is 24.3 Å². The first-order chi connectivity index (χ1) is 20.5. The van der Waals surface area contributed by atoms with Gasteiger partial charge < -0.3 is 19.4 Å². The van der Waals surface area contributed by atoms with Crippen LogP contribution < -0.4 is 14.5 Å². The van der Waals surface area contributed by atoms with Crippen molar-refractivity contribution in [3.8, 4) is 6.01 Å². The van der Waals surface area contributed by atoms with E-state index in [9.17, 15) is 0 Å². The van der Waals surface area contributed by atoms with Gasteiger partial charge >= 0.3 is 6.01 Å². The Morgan fingerprint density at radius 1 is 1.07 bits per heavy atom. The fourth-order valence-electron chi connectivity index (χ4n) is 7.54. The summed E-state index contributed by atoms with van der Waals surface area (Å²) in [5.41, 5.74) is 5.36. The fraction of sp³-hybridized carbons (Fsp3) is 0.559. The van der Waals surface area contributed by atoms with E-state index in [1.807, 2.05) is 0 Å². The van der Waals surface area contributed by atoms with Crippen LogP contribution >= 0.6 is 0 Å². The average molecular weight is 566 g/mol. The highest BCUT2D eigenvalue weighted by Gasteiger charge is 2.53. The first-order valence-electron chi connectivity index (χ1n) is 15.8. The van der Waals surface area contributed by atoms with Crippen LogP contribution in [-0.4, -0.2) is 79.3 Å². The van der Waals surface area contributed by atoms with E-state index in [0.717, 1.165) is 76.5 Å². The van der Waals surface area contributed by atoms with Crippen LogP contribution in [0.4, 0.5) is 11.5 Å². The van der Waals surface area contributed by atoms with Gasteiger partial charge in [0.2, 0.25) is 0 Å². The highest BCUT2D eigenvalue weighted by Crippen LogP contribution is 2.51. The molecular weight excluding hydrogens is 522 g/mol. The number of likely N-dealkylation sites (N-methyl/N-ethyl adjacent to an activating group) is 1. The van der Waals surface area contributed by atoms with Crippen molar-refractivity contribution < 1.29 is 4.74 Å². The molecule has 42 heavy (non-hydrogen) atoms. The maximum atomic E-state index is 6.35. The molecule has 3 aliphatic heterocycles. The lowest BCUT2D eigenvalue weighted by atomic mass is 9.61. The van der Waals surface area contributed by atoms with Crippen molar-refractivity contribution in [3.63, 3.8) is 0 Å². The third kappa shape index (κ3) is 5.16. The van der Waals surface area contributed by atoms with E-state index < -0.39 is 0 Å². The number of aryl methyl sites for hydroxylation is 1. The van der Waals surface area contributed by atoms with E-state index in [-0.39, 0.29) is 0 Å². The minimum Gasteiger partial charge on any atom is -0.462 e. The Kier molecular flexibility index (Phi) is 7.37. The van der Waals surface area contributed by atoms with Crippen LogP contribution in [-0.2, 0) is 13.0 Å². The maximum absolute atomic E-state index is 6.35. The number of benzene rings is 2. The molecule has 3 fully saturated rings. The molecule has 0 bridgehead atoms. The summed E-state index contributed by atoms with van der Waals surface area (Å²) in [4.78, 5) is 26.3. The van der Waals surface area contributed by atoms with Crippen LogP contribution in [0.25, 0.3) is 10.8 Å². The number of fused-ring (bicyclic) bond motifs is 2. The molecule has 1 aromatic heterocycles. The summed E-state index contributed by atoms with van der Waals surface area (Å²) >= 11 is 0. The van der Waals surface area contributed by atoms with Gasteiger partial charge in [0, 0.05) is 54.3 Å².